The zero-order valence-electron chi connectivity index (χ0n) is 12.2. The molecule has 0 saturated carbocycles. The van der Waals surface area contributed by atoms with Crippen molar-refractivity contribution in [3.05, 3.63) is 35.9 Å². The van der Waals surface area contributed by atoms with E-state index in [1.807, 2.05) is 30.3 Å². The smallest absolute Gasteiger partial charge is 0.323 e. The van der Waals surface area contributed by atoms with Crippen LogP contribution < -0.4 is 0 Å². The first-order chi connectivity index (χ1) is 10.5. The van der Waals surface area contributed by atoms with Crippen LogP contribution in [0.4, 0.5) is 0 Å². The molecule has 1 aromatic carbocycles. The fraction of sp³-hybridized carbons (Fsp3) is 0.333. The summed E-state index contributed by atoms with van der Waals surface area (Å²) in [5.74, 6) is -1.71. The van der Waals surface area contributed by atoms with Crippen molar-refractivity contribution >= 4 is 23.5 Å². The maximum Gasteiger partial charge on any atom is 0.323 e. The van der Waals surface area contributed by atoms with E-state index in [2.05, 4.69) is 5.10 Å². The van der Waals surface area contributed by atoms with E-state index in [9.17, 15) is 14.4 Å². The molecule has 0 radical (unpaired) electrons. The van der Waals surface area contributed by atoms with Gasteiger partial charge in [0.1, 0.15) is 12.3 Å². The van der Waals surface area contributed by atoms with Gasteiger partial charge in [0.05, 0.1) is 0 Å². The highest BCUT2D eigenvalue weighted by Crippen LogP contribution is 2.12. The fourth-order valence-electron chi connectivity index (χ4n) is 2.17. The molecule has 1 aliphatic rings. The number of amides is 2. The van der Waals surface area contributed by atoms with Crippen LogP contribution in [-0.4, -0.2) is 52.1 Å². The minimum atomic E-state index is -1.09. The summed E-state index contributed by atoms with van der Waals surface area (Å²) >= 11 is 0. The SMILES string of the molecule is CN1N=C(C(=O)N(CC(=O)O)Cc2ccccc2)CCC1=O. The molecular weight excluding hydrogens is 286 g/mol. The summed E-state index contributed by atoms with van der Waals surface area (Å²) in [6.07, 6.45) is 0.431. The first-order valence-electron chi connectivity index (χ1n) is 6.86. The number of hydrogen-bond acceptors (Lipinski definition) is 4. The van der Waals surface area contributed by atoms with Crippen LogP contribution >= 0.6 is 0 Å². The van der Waals surface area contributed by atoms with Crippen LogP contribution in [0.1, 0.15) is 18.4 Å². The molecule has 0 aliphatic carbocycles. The van der Waals surface area contributed by atoms with Gasteiger partial charge in [-0.15, -0.1) is 0 Å². The van der Waals surface area contributed by atoms with E-state index in [-0.39, 0.29) is 31.0 Å². The number of benzene rings is 1. The molecule has 0 bridgehead atoms. The average Bonchev–Trinajstić information content (AvgIpc) is 2.49. The summed E-state index contributed by atoms with van der Waals surface area (Å²) in [5.41, 5.74) is 1.04. The van der Waals surface area contributed by atoms with Gasteiger partial charge in [0.25, 0.3) is 5.91 Å². The number of hydrogen-bond donors (Lipinski definition) is 1. The molecule has 1 aliphatic heterocycles. The normalized spacial score (nSPS) is 14.5. The van der Waals surface area contributed by atoms with Crippen molar-refractivity contribution in [2.45, 2.75) is 19.4 Å². The Balaban J connectivity index is 2.18. The molecule has 0 spiro atoms. The van der Waals surface area contributed by atoms with E-state index in [1.54, 1.807) is 0 Å². The van der Waals surface area contributed by atoms with Crippen LogP contribution in [0.25, 0.3) is 0 Å². The van der Waals surface area contributed by atoms with Crippen LogP contribution in [0.3, 0.4) is 0 Å². The number of hydrazone groups is 1. The van der Waals surface area contributed by atoms with Crippen LogP contribution in [0.2, 0.25) is 0 Å². The van der Waals surface area contributed by atoms with Crippen molar-refractivity contribution in [2.24, 2.45) is 5.10 Å². The minimum absolute atomic E-state index is 0.163. The number of carbonyl (C=O) groups is 3. The first kappa shape index (κ1) is 15.7. The molecule has 0 aromatic heterocycles. The van der Waals surface area contributed by atoms with Gasteiger partial charge in [-0.05, 0) is 5.56 Å². The lowest BCUT2D eigenvalue weighted by molar-refractivity contribution is -0.142. The number of rotatable bonds is 5. The molecule has 22 heavy (non-hydrogen) atoms. The predicted octanol–water partition coefficient (Wildman–Crippen LogP) is 0.708. The third-order valence-electron chi connectivity index (χ3n) is 3.28. The van der Waals surface area contributed by atoms with E-state index in [1.165, 1.54) is 11.9 Å². The molecule has 2 amide bonds. The Morgan fingerprint density at radius 3 is 2.55 bits per heavy atom. The summed E-state index contributed by atoms with van der Waals surface area (Å²) in [4.78, 5) is 36.1. The number of carboxylic acids is 1. The van der Waals surface area contributed by atoms with Gasteiger partial charge < -0.3 is 10.0 Å². The Bertz CT molecular complexity index is 612. The number of nitrogens with zero attached hydrogens (tertiary/aromatic N) is 3. The molecule has 7 heteroatoms. The maximum atomic E-state index is 12.5. The van der Waals surface area contributed by atoms with Crippen molar-refractivity contribution in [1.82, 2.24) is 9.91 Å². The second-order valence-electron chi connectivity index (χ2n) is 5.00. The highest BCUT2D eigenvalue weighted by Gasteiger charge is 2.27. The van der Waals surface area contributed by atoms with Gasteiger partial charge in [-0.1, -0.05) is 30.3 Å². The molecule has 1 N–H and O–H groups in total. The average molecular weight is 303 g/mol. The third-order valence-corrected chi connectivity index (χ3v) is 3.28. The maximum absolute atomic E-state index is 12.5. The van der Waals surface area contributed by atoms with E-state index in [0.717, 1.165) is 10.6 Å². The second kappa shape index (κ2) is 6.84. The summed E-state index contributed by atoms with van der Waals surface area (Å²) in [7, 11) is 1.48. The van der Waals surface area contributed by atoms with Crippen molar-refractivity contribution in [2.75, 3.05) is 13.6 Å². The van der Waals surface area contributed by atoms with Gasteiger partial charge in [-0.2, -0.15) is 5.10 Å². The largest absolute Gasteiger partial charge is 0.480 e. The molecule has 0 atom stereocenters. The van der Waals surface area contributed by atoms with Crippen molar-refractivity contribution in [3.63, 3.8) is 0 Å². The lowest BCUT2D eigenvalue weighted by Crippen LogP contribution is -2.42. The van der Waals surface area contributed by atoms with Gasteiger partial charge in [-0.3, -0.25) is 14.4 Å². The van der Waals surface area contributed by atoms with Gasteiger partial charge >= 0.3 is 5.97 Å². The van der Waals surface area contributed by atoms with Crippen molar-refractivity contribution < 1.29 is 19.5 Å². The highest BCUT2D eigenvalue weighted by molar-refractivity contribution is 6.39. The molecule has 0 fully saturated rings. The Morgan fingerprint density at radius 2 is 1.95 bits per heavy atom. The highest BCUT2D eigenvalue weighted by atomic mass is 16.4. The first-order valence-corrected chi connectivity index (χ1v) is 6.86. The second-order valence-corrected chi connectivity index (χ2v) is 5.00. The van der Waals surface area contributed by atoms with Crippen LogP contribution in [0.15, 0.2) is 35.4 Å². The van der Waals surface area contributed by atoms with Crippen LogP contribution in [0, 0.1) is 0 Å². The predicted molar refractivity (Wildman–Crippen MR) is 78.9 cm³/mol. The fourth-order valence-corrected chi connectivity index (χ4v) is 2.17. The van der Waals surface area contributed by atoms with Gasteiger partial charge in [0, 0.05) is 26.4 Å². The number of aliphatic carboxylic acids is 1. The van der Waals surface area contributed by atoms with E-state index < -0.39 is 18.4 Å². The third kappa shape index (κ3) is 3.91. The zero-order chi connectivity index (χ0) is 16.1. The van der Waals surface area contributed by atoms with Gasteiger partial charge in [0.2, 0.25) is 5.91 Å². The van der Waals surface area contributed by atoms with Crippen molar-refractivity contribution in [1.29, 1.82) is 0 Å². The molecule has 1 aromatic rings. The molecule has 1 heterocycles. The quantitative estimate of drug-likeness (QED) is 0.867. The molecule has 2 rings (SSSR count). The van der Waals surface area contributed by atoms with E-state index >= 15 is 0 Å². The molecule has 0 unspecified atom stereocenters. The number of carbonyl (C=O) groups excluding carboxylic acids is 2. The Kier molecular flexibility index (Phi) is 4.88. The number of carboxylic acid groups (broad SMARTS) is 1. The monoisotopic (exact) mass is 303 g/mol. The van der Waals surface area contributed by atoms with E-state index in [0.29, 0.717) is 0 Å². The summed E-state index contributed by atoms with van der Waals surface area (Å²) in [6, 6.07) is 9.13. The molecular formula is C15H17N3O4. The van der Waals surface area contributed by atoms with Crippen LogP contribution in [0.5, 0.6) is 0 Å². The van der Waals surface area contributed by atoms with Crippen LogP contribution in [-0.2, 0) is 20.9 Å². The minimum Gasteiger partial charge on any atom is -0.480 e. The summed E-state index contributed by atoms with van der Waals surface area (Å²) in [5, 5.41) is 14.1. The molecule has 7 nitrogen and oxygen atoms in total. The topological polar surface area (TPSA) is 90.3 Å². The van der Waals surface area contributed by atoms with E-state index in [4.69, 9.17) is 5.11 Å². The standard InChI is InChI=1S/C15H17N3O4/c1-17-13(19)8-7-12(16-17)15(22)18(10-14(20)21)9-11-5-3-2-4-6-11/h2-6H,7-10H2,1H3,(H,20,21). The van der Waals surface area contributed by atoms with Gasteiger partial charge in [-0.25, -0.2) is 5.01 Å². The summed E-state index contributed by atoms with van der Waals surface area (Å²) < 4.78 is 0. The summed E-state index contributed by atoms with van der Waals surface area (Å²) in [6.45, 7) is -0.229. The Labute approximate surface area is 127 Å². The van der Waals surface area contributed by atoms with Crippen molar-refractivity contribution in [3.8, 4) is 0 Å². The lowest BCUT2D eigenvalue weighted by atomic mass is 10.1. The Hall–Kier alpha value is -2.70. The zero-order valence-corrected chi connectivity index (χ0v) is 12.2. The lowest BCUT2D eigenvalue weighted by Gasteiger charge is -2.25. The Morgan fingerprint density at radius 1 is 1.27 bits per heavy atom. The molecule has 116 valence electrons. The molecule has 0 saturated heterocycles. The van der Waals surface area contributed by atoms with Gasteiger partial charge in [0.15, 0.2) is 0 Å².